The zero-order chi connectivity index (χ0) is 25.3. The maximum Gasteiger partial charge on any atom is 0.305 e. The lowest BCUT2D eigenvalue weighted by Gasteiger charge is -2.22. The van der Waals surface area contributed by atoms with Crippen LogP contribution in [-0.4, -0.2) is 54.7 Å². The molecule has 0 aliphatic carbocycles. The van der Waals surface area contributed by atoms with Crippen molar-refractivity contribution in [2.24, 2.45) is 11.7 Å². The average Bonchev–Trinajstić information content (AvgIpc) is 2.80. The van der Waals surface area contributed by atoms with E-state index in [1.807, 2.05) is 0 Å². The van der Waals surface area contributed by atoms with Crippen molar-refractivity contribution in [1.29, 1.82) is 0 Å². The van der Waals surface area contributed by atoms with Crippen molar-refractivity contribution in [3.8, 4) is 0 Å². The molecule has 0 saturated carbocycles. The molecule has 0 fully saturated rings. The van der Waals surface area contributed by atoms with Gasteiger partial charge in [0, 0.05) is 12.8 Å². The molecule has 6 nitrogen and oxygen atoms in total. The predicted octanol–water partition coefficient (Wildman–Crippen LogP) is 6.55. The van der Waals surface area contributed by atoms with E-state index in [1.54, 1.807) is 0 Å². The lowest BCUT2D eigenvalue weighted by atomic mass is 9.95. The highest BCUT2D eigenvalue weighted by atomic mass is 16.5. The lowest BCUT2D eigenvalue weighted by Crippen LogP contribution is -2.28. The summed E-state index contributed by atoms with van der Waals surface area (Å²) < 4.78 is 5.46. The molecular weight excluding hydrogens is 428 g/mol. The van der Waals surface area contributed by atoms with Crippen LogP contribution in [0.2, 0.25) is 0 Å². The summed E-state index contributed by atoms with van der Waals surface area (Å²) in [5.74, 6) is -0.00936. The number of carboxylic acid groups (broad SMARTS) is 1. The van der Waals surface area contributed by atoms with Gasteiger partial charge in [-0.15, -0.1) is 0 Å². The first-order valence-electron chi connectivity index (χ1n) is 14.3. The second-order valence-electron chi connectivity index (χ2n) is 9.87. The summed E-state index contributed by atoms with van der Waals surface area (Å²) in [5.41, 5.74) is 5.70. The number of unbranched alkanes of at least 4 members (excludes halogenated alkanes) is 8. The quantitative estimate of drug-likeness (QED) is 0.107. The monoisotopic (exact) mass is 484 g/mol. The number of carboxylic acids is 1. The van der Waals surface area contributed by atoms with Crippen LogP contribution in [0.3, 0.4) is 0 Å². The van der Waals surface area contributed by atoms with Gasteiger partial charge >= 0.3 is 11.9 Å². The largest absolute Gasteiger partial charge is 0.481 e. The highest BCUT2D eigenvalue weighted by molar-refractivity contribution is 5.69. The minimum atomic E-state index is -0.689. The third-order valence-corrected chi connectivity index (χ3v) is 6.58. The molecule has 0 aromatic heterocycles. The van der Waals surface area contributed by atoms with Gasteiger partial charge in [-0.05, 0) is 70.6 Å². The minimum absolute atomic E-state index is 0.0253. The summed E-state index contributed by atoms with van der Waals surface area (Å²) in [6.45, 7) is 9.08. The molecule has 0 atom stereocenters. The summed E-state index contributed by atoms with van der Waals surface area (Å²) >= 11 is 0. The molecule has 0 unspecified atom stereocenters. The zero-order valence-electron chi connectivity index (χ0n) is 22.5. The molecule has 202 valence electrons. The number of hydrogen-bond acceptors (Lipinski definition) is 5. The Bertz CT molecular complexity index is 467. The summed E-state index contributed by atoms with van der Waals surface area (Å²) in [4.78, 5) is 25.0. The molecule has 0 spiro atoms. The van der Waals surface area contributed by atoms with Crippen LogP contribution < -0.4 is 5.73 Å². The fraction of sp³-hybridized carbons (Fsp3) is 0.929. The molecular formula is C28H56N2O4. The first-order valence-corrected chi connectivity index (χ1v) is 14.3. The van der Waals surface area contributed by atoms with Gasteiger partial charge in [-0.3, -0.25) is 9.59 Å². The normalized spacial score (nSPS) is 11.4. The number of rotatable bonds is 26. The van der Waals surface area contributed by atoms with E-state index in [1.165, 1.54) is 57.8 Å². The Morgan fingerprint density at radius 2 is 1.24 bits per heavy atom. The second kappa shape index (κ2) is 25.0. The molecule has 34 heavy (non-hydrogen) atoms. The summed E-state index contributed by atoms with van der Waals surface area (Å²) in [6, 6.07) is 0. The number of aliphatic carboxylic acids is 1. The SMILES string of the molecule is CCCC(CCC)CCOC(=O)CCCCCCCN(CCCN)CCCCCCCC(=O)O. The van der Waals surface area contributed by atoms with Crippen molar-refractivity contribution < 1.29 is 19.4 Å². The summed E-state index contributed by atoms with van der Waals surface area (Å²) in [7, 11) is 0. The Balaban J connectivity index is 3.75. The number of carbonyl (C=O) groups is 2. The number of hydrogen-bond donors (Lipinski definition) is 2. The zero-order valence-corrected chi connectivity index (χ0v) is 22.5. The van der Waals surface area contributed by atoms with E-state index in [9.17, 15) is 9.59 Å². The van der Waals surface area contributed by atoms with Crippen molar-refractivity contribution in [2.75, 3.05) is 32.8 Å². The van der Waals surface area contributed by atoms with Crippen LogP contribution in [0.15, 0.2) is 0 Å². The molecule has 0 aliphatic rings. The van der Waals surface area contributed by atoms with Crippen LogP contribution in [0.25, 0.3) is 0 Å². The Morgan fingerprint density at radius 1 is 0.735 bits per heavy atom. The molecule has 3 N–H and O–H groups in total. The number of carbonyl (C=O) groups excluding carboxylic acids is 1. The number of ether oxygens (including phenoxy) is 1. The molecule has 0 amide bonds. The first kappa shape index (κ1) is 32.9. The van der Waals surface area contributed by atoms with E-state index in [0.717, 1.165) is 71.1 Å². The predicted molar refractivity (Wildman–Crippen MR) is 142 cm³/mol. The van der Waals surface area contributed by atoms with Crippen LogP contribution in [0.1, 0.15) is 129 Å². The molecule has 6 heteroatoms. The second-order valence-corrected chi connectivity index (χ2v) is 9.87. The van der Waals surface area contributed by atoms with Crippen molar-refractivity contribution in [3.63, 3.8) is 0 Å². The van der Waals surface area contributed by atoms with Crippen molar-refractivity contribution >= 4 is 11.9 Å². The number of esters is 1. The van der Waals surface area contributed by atoms with E-state index in [-0.39, 0.29) is 5.97 Å². The van der Waals surface area contributed by atoms with E-state index in [4.69, 9.17) is 15.6 Å². The smallest absolute Gasteiger partial charge is 0.305 e. The highest BCUT2D eigenvalue weighted by Crippen LogP contribution is 2.17. The lowest BCUT2D eigenvalue weighted by molar-refractivity contribution is -0.144. The third kappa shape index (κ3) is 22.6. The van der Waals surface area contributed by atoms with Crippen LogP contribution in [0.5, 0.6) is 0 Å². The maximum atomic E-state index is 12.0. The third-order valence-electron chi connectivity index (χ3n) is 6.58. The van der Waals surface area contributed by atoms with Gasteiger partial charge in [0.2, 0.25) is 0 Å². The van der Waals surface area contributed by atoms with Gasteiger partial charge in [-0.25, -0.2) is 0 Å². The Hall–Kier alpha value is -1.14. The topological polar surface area (TPSA) is 92.9 Å². The molecule has 0 aromatic rings. The van der Waals surface area contributed by atoms with E-state index >= 15 is 0 Å². The van der Waals surface area contributed by atoms with E-state index in [0.29, 0.717) is 25.4 Å². The van der Waals surface area contributed by atoms with Gasteiger partial charge in [-0.1, -0.05) is 78.1 Å². The molecule has 0 heterocycles. The molecule has 0 rings (SSSR count). The van der Waals surface area contributed by atoms with Crippen molar-refractivity contribution in [3.05, 3.63) is 0 Å². The van der Waals surface area contributed by atoms with Crippen LogP contribution in [-0.2, 0) is 14.3 Å². The van der Waals surface area contributed by atoms with Gasteiger partial charge < -0.3 is 20.5 Å². The number of nitrogens with two attached hydrogens (primary N) is 1. The standard InChI is InChI=1S/C28H56N2O4/c1-3-16-26(17-4-2)20-25-34-28(33)19-12-8-6-10-14-23-30(24-15-21-29)22-13-9-5-7-11-18-27(31)32/h26H,3-25,29H2,1-2H3,(H,31,32). The maximum absolute atomic E-state index is 12.0. The Labute approximate surface area is 210 Å². The van der Waals surface area contributed by atoms with Crippen LogP contribution in [0.4, 0.5) is 0 Å². The number of nitrogens with zero attached hydrogens (tertiary/aromatic N) is 1. The van der Waals surface area contributed by atoms with Gasteiger partial charge in [0.1, 0.15) is 0 Å². The molecule has 0 aromatic carbocycles. The van der Waals surface area contributed by atoms with Gasteiger partial charge in [0.15, 0.2) is 0 Å². The van der Waals surface area contributed by atoms with E-state index < -0.39 is 5.97 Å². The van der Waals surface area contributed by atoms with Crippen molar-refractivity contribution in [1.82, 2.24) is 4.90 Å². The average molecular weight is 485 g/mol. The van der Waals surface area contributed by atoms with Gasteiger partial charge in [0.25, 0.3) is 0 Å². The summed E-state index contributed by atoms with van der Waals surface area (Å²) in [5, 5.41) is 8.69. The van der Waals surface area contributed by atoms with Crippen LogP contribution >= 0.6 is 0 Å². The fourth-order valence-corrected chi connectivity index (χ4v) is 4.59. The fourth-order valence-electron chi connectivity index (χ4n) is 4.59. The van der Waals surface area contributed by atoms with Gasteiger partial charge in [-0.2, -0.15) is 0 Å². The summed E-state index contributed by atoms with van der Waals surface area (Å²) in [6.07, 6.45) is 18.7. The minimum Gasteiger partial charge on any atom is -0.481 e. The molecule has 0 aliphatic heterocycles. The van der Waals surface area contributed by atoms with Crippen molar-refractivity contribution in [2.45, 2.75) is 129 Å². The Kier molecular flexibility index (Phi) is 24.1. The molecule has 0 radical (unpaired) electrons. The molecule has 0 bridgehead atoms. The Morgan fingerprint density at radius 3 is 1.76 bits per heavy atom. The van der Waals surface area contributed by atoms with E-state index in [2.05, 4.69) is 18.7 Å². The van der Waals surface area contributed by atoms with Gasteiger partial charge in [0.05, 0.1) is 6.61 Å². The first-order chi connectivity index (χ1) is 16.5. The van der Waals surface area contributed by atoms with Crippen LogP contribution in [0, 0.1) is 5.92 Å². The molecule has 0 saturated heterocycles. The highest BCUT2D eigenvalue weighted by Gasteiger charge is 2.09.